The van der Waals surface area contributed by atoms with Gasteiger partial charge in [-0.05, 0) is 12.1 Å². The molecule has 0 aliphatic carbocycles. The summed E-state index contributed by atoms with van der Waals surface area (Å²) < 4.78 is 0. The van der Waals surface area contributed by atoms with Gasteiger partial charge in [0.25, 0.3) is 5.91 Å². The quantitative estimate of drug-likeness (QED) is 0.737. The van der Waals surface area contributed by atoms with Crippen molar-refractivity contribution >= 4 is 11.8 Å². The van der Waals surface area contributed by atoms with E-state index in [4.69, 9.17) is 0 Å². The predicted octanol–water partition coefficient (Wildman–Crippen LogP) is 0.354. The summed E-state index contributed by atoms with van der Waals surface area (Å²) in [6, 6.07) is 6.43. The van der Waals surface area contributed by atoms with Crippen LogP contribution in [-0.4, -0.2) is 41.5 Å². The van der Waals surface area contributed by atoms with Gasteiger partial charge < -0.3 is 15.3 Å². The first-order valence-corrected chi connectivity index (χ1v) is 5.52. The third kappa shape index (κ3) is 2.55. The molecule has 0 saturated carbocycles. The Morgan fingerprint density at radius 2 is 2.06 bits per heavy atom. The van der Waals surface area contributed by atoms with Crippen LogP contribution in [0.1, 0.15) is 16.8 Å². The van der Waals surface area contributed by atoms with E-state index in [1.165, 1.54) is 6.07 Å². The number of benzene rings is 1. The lowest BCUT2D eigenvalue weighted by Gasteiger charge is -2.19. The number of hydrogen-bond acceptors (Lipinski definition) is 3. The van der Waals surface area contributed by atoms with Crippen LogP contribution in [-0.2, 0) is 4.79 Å². The van der Waals surface area contributed by atoms with Crippen molar-refractivity contribution in [3.63, 3.8) is 0 Å². The molecule has 17 heavy (non-hydrogen) atoms. The molecule has 0 unspecified atom stereocenters. The molecular formula is C12H14N2O3. The highest BCUT2D eigenvalue weighted by Gasteiger charge is 2.21. The minimum atomic E-state index is -0.236. The van der Waals surface area contributed by atoms with Gasteiger partial charge in [0, 0.05) is 26.1 Å². The Balaban J connectivity index is 2.14. The van der Waals surface area contributed by atoms with Gasteiger partial charge in [0.15, 0.2) is 0 Å². The second-order valence-electron chi connectivity index (χ2n) is 3.91. The molecule has 2 rings (SSSR count). The van der Waals surface area contributed by atoms with Crippen LogP contribution in [0.4, 0.5) is 0 Å². The van der Waals surface area contributed by atoms with Gasteiger partial charge in [-0.1, -0.05) is 12.1 Å². The Morgan fingerprint density at radius 3 is 2.82 bits per heavy atom. The zero-order valence-electron chi connectivity index (χ0n) is 9.35. The van der Waals surface area contributed by atoms with Crippen LogP contribution in [0.15, 0.2) is 24.3 Å². The molecule has 0 spiro atoms. The Hall–Kier alpha value is -2.04. The zero-order chi connectivity index (χ0) is 12.3. The maximum Gasteiger partial charge on any atom is 0.257 e. The summed E-state index contributed by atoms with van der Waals surface area (Å²) in [5, 5.41) is 12.3. The molecule has 1 aromatic carbocycles. The normalized spacial score (nSPS) is 16.2. The molecular weight excluding hydrogens is 220 g/mol. The van der Waals surface area contributed by atoms with Crippen LogP contribution in [0.3, 0.4) is 0 Å². The maximum absolute atomic E-state index is 12.1. The molecule has 1 heterocycles. The molecule has 0 aromatic heterocycles. The van der Waals surface area contributed by atoms with E-state index in [2.05, 4.69) is 5.32 Å². The summed E-state index contributed by atoms with van der Waals surface area (Å²) in [6.07, 6.45) is 0.305. The number of amides is 2. The van der Waals surface area contributed by atoms with Crippen LogP contribution in [0.5, 0.6) is 5.75 Å². The van der Waals surface area contributed by atoms with Crippen molar-refractivity contribution < 1.29 is 14.7 Å². The van der Waals surface area contributed by atoms with Crippen molar-refractivity contribution in [2.45, 2.75) is 6.42 Å². The highest BCUT2D eigenvalue weighted by molar-refractivity contribution is 5.97. The number of phenolic OH excluding ortho intramolecular Hbond substituents is 1. The first-order valence-electron chi connectivity index (χ1n) is 5.52. The molecule has 2 amide bonds. The van der Waals surface area contributed by atoms with Crippen LogP contribution >= 0.6 is 0 Å². The number of nitrogens with one attached hydrogen (secondary N) is 1. The van der Waals surface area contributed by atoms with E-state index < -0.39 is 0 Å². The van der Waals surface area contributed by atoms with Gasteiger partial charge in [0.05, 0.1) is 5.56 Å². The summed E-state index contributed by atoms with van der Waals surface area (Å²) >= 11 is 0. The van der Waals surface area contributed by atoms with Crippen LogP contribution in [0, 0.1) is 0 Å². The van der Waals surface area contributed by atoms with E-state index in [0.717, 1.165) is 0 Å². The summed E-state index contributed by atoms with van der Waals surface area (Å²) in [5.74, 6) is -0.307. The lowest BCUT2D eigenvalue weighted by atomic mass is 10.1. The first-order chi connectivity index (χ1) is 8.18. The smallest absolute Gasteiger partial charge is 0.257 e. The summed E-state index contributed by atoms with van der Waals surface area (Å²) in [7, 11) is 0. The number of hydrogen-bond donors (Lipinski definition) is 2. The molecule has 2 N–H and O–H groups in total. The van der Waals surface area contributed by atoms with E-state index in [1.54, 1.807) is 23.1 Å². The summed E-state index contributed by atoms with van der Waals surface area (Å²) in [5.41, 5.74) is 0.279. The number of rotatable bonds is 1. The molecule has 1 saturated heterocycles. The largest absolute Gasteiger partial charge is 0.507 e. The van der Waals surface area contributed by atoms with Crippen LogP contribution in [0.2, 0.25) is 0 Å². The van der Waals surface area contributed by atoms with Crippen molar-refractivity contribution in [1.82, 2.24) is 10.2 Å². The van der Waals surface area contributed by atoms with Crippen LogP contribution in [0.25, 0.3) is 0 Å². The molecule has 1 fully saturated rings. The van der Waals surface area contributed by atoms with Gasteiger partial charge >= 0.3 is 0 Å². The first kappa shape index (κ1) is 11.4. The van der Waals surface area contributed by atoms with Gasteiger partial charge in [-0.2, -0.15) is 0 Å². The Kier molecular flexibility index (Phi) is 3.27. The number of carbonyl (C=O) groups is 2. The van der Waals surface area contributed by atoms with Crippen LogP contribution < -0.4 is 5.32 Å². The summed E-state index contributed by atoms with van der Waals surface area (Å²) in [4.78, 5) is 24.8. The van der Waals surface area contributed by atoms with Gasteiger partial charge in [-0.3, -0.25) is 9.59 Å². The van der Waals surface area contributed by atoms with Crippen molar-refractivity contribution in [1.29, 1.82) is 0 Å². The summed E-state index contributed by atoms with van der Waals surface area (Å²) in [6.45, 7) is 1.32. The molecule has 1 aromatic rings. The average Bonchev–Trinajstić information content (AvgIpc) is 2.54. The molecule has 5 nitrogen and oxygen atoms in total. The lowest BCUT2D eigenvalue weighted by molar-refractivity contribution is -0.120. The minimum Gasteiger partial charge on any atom is -0.507 e. The molecule has 90 valence electrons. The highest BCUT2D eigenvalue weighted by Crippen LogP contribution is 2.18. The third-order valence-corrected chi connectivity index (χ3v) is 2.73. The van der Waals surface area contributed by atoms with E-state index in [0.29, 0.717) is 26.1 Å². The van der Waals surface area contributed by atoms with Gasteiger partial charge in [-0.15, -0.1) is 0 Å². The fourth-order valence-electron chi connectivity index (χ4n) is 1.79. The number of nitrogens with zero attached hydrogens (tertiary/aromatic N) is 1. The Bertz CT molecular complexity index is 445. The van der Waals surface area contributed by atoms with E-state index in [1.807, 2.05) is 0 Å². The monoisotopic (exact) mass is 234 g/mol. The molecule has 0 radical (unpaired) electrons. The van der Waals surface area contributed by atoms with E-state index in [-0.39, 0.29) is 23.1 Å². The molecule has 0 bridgehead atoms. The SMILES string of the molecule is O=C1CCN(C(=O)c2ccccc2O)CCN1. The minimum absolute atomic E-state index is 0.0268. The van der Waals surface area contributed by atoms with Crippen molar-refractivity contribution in [3.8, 4) is 5.75 Å². The topological polar surface area (TPSA) is 69.6 Å². The fraction of sp³-hybridized carbons (Fsp3) is 0.333. The number of para-hydroxylation sites is 1. The second kappa shape index (κ2) is 4.86. The standard InChI is InChI=1S/C12H14N2O3/c15-10-4-2-1-3-9(10)12(17)14-7-5-11(16)13-6-8-14/h1-4,15H,5-8H2,(H,13,16). The van der Waals surface area contributed by atoms with Crippen molar-refractivity contribution in [2.24, 2.45) is 0 Å². The molecule has 0 atom stereocenters. The zero-order valence-corrected chi connectivity index (χ0v) is 9.35. The van der Waals surface area contributed by atoms with E-state index >= 15 is 0 Å². The average molecular weight is 234 g/mol. The predicted molar refractivity (Wildman–Crippen MR) is 61.6 cm³/mol. The lowest BCUT2D eigenvalue weighted by Crippen LogP contribution is -2.34. The highest BCUT2D eigenvalue weighted by atomic mass is 16.3. The number of aromatic hydroxyl groups is 1. The molecule has 1 aliphatic rings. The third-order valence-electron chi connectivity index (χ3n) is 2.73. The molecule has 5 heteroatoms. The van der Waals surface area contributed by atoms with Crippen molar-refractivity contribution in [2.75, 3.05) is 19.6 Å². The number of carbonyl (C=O) groups excluding carboxylic acids is 2. The Labute approximate surface area is 99.0 Å². The van der Waals surface area contributed by atoms with Gasteiger partial charge in [0.1, 0.15) is 5.75 Å². The van der Waals surface area contributed by atoms with Crippen molar-refractivity contribution in [3.05, 3.63) is 29.8 Å². The second-order valence-corrected chi connectivity index (χ2v) is 3.91. The Morgan fingerprint density at radius 1 is 1.29 bits per heavy atom. The molecule has 1 aliphatic heterocycles. The van der Waals surface area contributed by atoms with E-state index in [9.17, 15) is 14.7 Å². The van der Waals surface area contributed by atoms with Gasteiger partial charge in [0.2, 0.25) is 5.91 Å². The maximum atomic E-state index is 12.1. The fourth-order valence-corrected chi connectivity index (χ4v) is 1.79. The number of phenols is 1. The van der Waals surface area contributed by atoms with Gasteiger partial charge in [-0.25, -0.2) is 0 Å².